The minimum atomic E-state index is -0.461. The van der Waals surface area contributed by atoms with E-state index in [1.807, 2.05) is 38.1 Å². The molecule has 186 valence electrons. The number of pyridine rings is 1. The highest BCUT2D eigenvalue weighted by Gasteiger charge is 2.35. The third-order valence-corrected chi connectivity index (χ3v) is 6.10. The predicted octanol–water partition coefficient (Wildman–Crippen LogP) is 4.63. The number of amides is 1. The standard InChI is InChI=1S/C25H41N5O2.HI/c1-6-27-23(28-14-10-21-9-13-26-17-19(21)2)29-15-11-22(12-16-29)30(18-20-7-8-20)24(31)32-25(3,4)5;/h9,13,17,20,22H,6-8,10-12,14-16,18H2,1-5H3,(H,27,28);1H. The van der Waals surface area contributed by atoms with Crippen LogP contribution in [0.2, 0.25) is 0 Å². The van der Waals surface area contributed by atoms with E-state index < -0.39 is 5.60 Å². The van der Waals surface area contributed by atoms with Gasteiger partial charge in [0.15, 0.2) is 5.96 Å². The number of likely N-dealkylation sites (tertiary alicyclic amines) is 1. The van der Waals surface area contributed by atoms with E-state index in [1.54, 1.807) is 0 Å². The van der Waals surface area contributed by atoms with Gasteiger partial charge in [-0.05, 0) is 89.8 Å². The number of carbonyl (C=O) groups is 1. The van der Waals surface area contributed by atoms with E-state index >= 15 is 0 Å². The summed E-state index contributed by atoms with van der Waals surface area (Å²) in [6, 6.07) is 2.32. The Bertz CT molecular complexity index is 783. The van der Waals surface area contributed by atoms with Gasteiger partial charge >= 0.3 is 6.09 Å². The van der Waals surface area contributed by atoms with Crippen LogP contribution in [-0.4, -0.2) is 71.2 Å². The molecule has 1 aromatic rings. The topological polar surface area (TPSA) is 70.1 Å². The lowest BCUT2D eigenvalue weighted by atomic mass is 10.0. The SMILES string of the molecule is CCNC(=NCCc1ccncc1C)N1CCC(N(CC2CC2)C(=O)OC(C)(C)C)CC1.I. The van der Waals surface area contributed by atoms with Crippen molar-refractivity contribution in [3.8, 4) is 0 Å². The summed E-state index contributed by atoms with van der Waals surface area (Å²) in [5.74, 6) is 1.62. The molecule has 2 fully saturated rings. The van der Waals surface area contributed by atoms with Crippen molar-refractivity contribution in [2.45, 2.75) is 78.4 Å². The second-order valence-electron chi connectivity index (χ2n) is 10.1. The fraction of sp³-hybridized carbons (Fsp3) is 0.720. The van der Waals surface area contributed by atoms with E-state index in [1.165, 1.54) is 24.0 Å². The van der Waals surface area contributed by atoms with Crippen molar-refractivity contribution < 1.29 is 9.53 Å². The van der Waals surface area contributed by atoms with Crippen LogP contribution in [0.25, 0.3) is 0 Å². The maximum atomic E-state index is 12.9. The Kier molecular flexibility index (Phi) is 10.7. The largest absolute Gasteiger partial charge is 0.444 e. The number of guanidine groups is 1. The molecule has 0 bridgehead atoms. The molecule has 1 aliphatic heterocycles. The van der Waals surface area contributed by atoms with E-state index in [9.17, 15) is 4.79 Å². The van der Waals surface area contributed by atoms with Gasteiger partial charge in [-0.1, -0.05) is 0 Å². The predicted molar refractivity (Wildman–Crippen MR) is 144 cm³/mol. The molecule has 0 aromatic carbocycles. The molecule has 1 N–H and O–H groups in total. The van der Waals surface area contributed by atoms with Crippen molar-refractivity contribution in [3.63, 3.8) is 0 Å². The quantitative estimate of drug-likeness (QED) is 0.294. The number of aliphatic imine (C=N–C) groups is 1. The number of rotatable bonds is 7. The summed E-state index contributed by atoms with van der Waals surface area (Å²) >= 11 is 0. The molecule has 1 aliphatic carbocycles. The van der Waals surface area contributed by atoms with Crippen molar-refractivity contribution in [2.75, 3.05) is 32.7 Å². The van der Waals surface area contributed by atoms with Crippen LogP contribution in [0.5, 0.6) is 0 Å². The second-order valence-corrected chi connectivity index (χ2v) is 10.1. The van der Waals surface area contributed by atoms with Crippen molar-refractivity contribution in [1.82, 2.24) is 20.1 Å². The number of aromatic nitrogens is 1. The number of carbonyl (C=O) groups excluding carboxylic acids is 1. The average Bonchev–Trinajstić information content (AvgIpc) is 3.56. The molecule has 0 unspecified atom stereocenters. The van der Waals surface area contributed by atoms with E-state index in [0.29, 0.717) is 5.92 Å². The first-order chi connectivity index (χ1) is 15.3. The average molecular weight is 572 g/mol. The number of nitrogens with one attached hydrogen (secondary N) is 1. The lowest BCUT2D eigenvalue weighted by Crippen LogP contribution is -2.52. The Morgan fingerprint density at radius 3 is 2.55 bits per heavy atom. The molecular formula is C25H42IN5O2. The van der Waals surface area contributed by atoms with Gasteiger partial charge in [-0.25, -0.2) is 4.79 Å². The molecule has 8 heteroatoms. The Morgan fingerprint density at radius 2 is 1.97 bits per heavy atom. The van der Waals surface area contributed by atoms with Crippen LogP contribution in [0.15, 0.2) is 23.5 Å². The summed E-state index contributed by atoms with van der Waals surface area (Å²) < 4.78 is 5.73. The zero-order valence-electron chi connectivity index (χ0n) is 21.0. The normalized spacial score (nSPS) is 17.4. The lowest BCUT2D eigenvalue weighted by molar-refractivity contribution is 0.00928. The molecule has 2 aliphatic rings. The molecular weight excluding hydrogens is 529 g/mol. The Morgan fingerprint density at radius 1 is 1.27 bits per heavy atom. The van der Waals surface area contributed by atoms with Gasteiger partial charge in [0.25, 0.3) is 0 Å². The summed E-state index contributed by atoms with van der Waals surface area (Å²) in [5, 5.41) is 3.45. The number of halogens is 1. The number of hydrogen-bond donors (Lipinski definition) is 1. The first kappa shape index (κ1) is 27.7. The molecule has 0 spiro atoms. The molecule has 0 atom stereocenters. The zero-order valence-corrected chi connectivity index (χ0v) is 23.3. The van der Waals surface area contributed by atoms with Crippen LogP contribution in [0, 0.1) is 12.8 Å². The van der Waals surface area contributed by atoms with Crippen LogP contribution in [0.3, 0.4) is 0 Å². The van der Waals surface area contributed by atoms with E-state index in [2.05, 4.69) is 35.1 Å². The molecule has 3 rings (SSSR count). The first-order valence-electron chi connectivity index (χ1n) is 12.2. The fourth-order valence-electron chi connectivity index (χ4n) is 4.15. The molecule has 1 aromatic heterocycles. The third kappa shape index (κ3) is 8.94. The fourth-order valence-corrected chi connectivity index (χ4v) is 4.15. The van der Waals surface area contributed by atoms with Crippen molar-refractivity contribution in [3.05, 3.63) is 29.6 Å². The molecule has 2 heterocycles. The smallest absolute Gasteiger partial charge is 0.410 e. The van der Waals surface area contributed by atoms with Gasteiger partial charge in [-0.2, -0.15) is 0 Å². The van der Waals surface area contributed by atoms with Gasteiger partial charge < -0.3 is 19.9 Å². The number of nitrogens with zero attached hydrogens (tertiary/aromatic N) is 4. The van der Waals surface area contributed by atoms with Gasteiger partial charge in [-0.15, -0.1) is 24.0 Å². The number of hydrogen-bond acceptors (Lipinski definition) is 4. The summed E-state index contributed by atoms with van der Waals surface area (Å²) in [6.45, 7) is 14.2. The number of piperidine rings is 1. The summed E-state index contributed by atoms with van der Waals surface area (Å²) in [5.41, 5.74) is 2.05. The van der Waals surface area contributed by atoms with Crippen molar-refractivity contribution in [2.24, 2.45) is 10.9 Å². The van der Waals surface area contributed by atoms with E-state index in [-0.39, 0.29) is 36.1 Å². The van der Waals surface area contributed by atoms with Crippen LogP contribution in [-0.2, 0) is 11.2 Å². The molecule has 1 saturated carbocycles. The third-order valence-electron chi connectivity index (χ3n) is 6.10. The highest BCUT2D eigenvalue weighted by atomic mass is 127. The highest BCUT2D eigenvalue weighted by Crippen LogP contribution is 2.32. The lowest BCUT2D eigenvalue weighted by Gasteiger charge is -2.40. The van der Waals surface area contributed by atoms with Crippen molar-refractivity contribution in [1.29, 1.82) is 0 Å². The minimum Gasteiger partial charge on any atom is -0.444 e. The maximum Gasteiger partial charge on any atom is 0.410 e. The molecule has 7 nitrogen and oxygen atoms in total. The van der Waals surface area contributed by atoms with Gasteiger partial charge in [0.05, 0.1) is 0 Å². The summed E-state index contributed by atoms with van der Waals surface area (Å²) in [7, 11) is 0. The Hall–Kier alpha value is -1.58. The molecule has 1 amide bonds. The van der Waals surface area contributed by atoms with Crippen LogP contribution >= 0.6 is 24.0 Å². The highest BCUT2D eigenvalue weighted by molar-refractivity contribution is 14.0. The van der Waals surface area contributed by atoms with Gasteiger partial charge in [0.1, 0.15) is 5.60 Å². The summed E-state index contributed by atoms with van der Waals surface area (Å²) in [6.07, 6.45) is 8.86. The van der Waals surface area contributed by atoms with E-state index in [0.717, 1.165) is 57.9 Å². The van der Waals surface area contributed by atoms with Crippen molar-refractivity contribution >= 4 is 36.0 Å². The van der Waals surface area contributed by atoms with Gasteiger partial charge in [-0.3, -0.25) is 9.98 Å². The Labute approximate surface area is 216 Å². The van der Waals surface area contributed by atoms with E-state index in [4.69, 9.17) is 9.73 Å². The van der Waals surface area contributed by atoms with Crippen LogP contribution < -0.4 is 5.32 Å². The summed E-state index contributed by atoms with van der Waals surface area (Å²) in [4.78, 5) is 26.3. The Balaban J connectivity index is 0.00000385. The van der Waals surface area contributed by atoms with Crippen LogP contribution in [0.1, 0.15) is 64.5 Å². The number of ether oxygens (including phenoxy) is 1. The number of aryl methyl sites for hydroxylation is 1. The molecule has 1 saturated heterocycles. The minimum absolute atomic E-state index is 0. The zero-order chi connectivity index (χ0) is 23.1. The maximum absolute atomic E-state index is 12.9. The monoisotopic (exact) mass is 571 g/mol. The van der Waals surface area contributed by atoms with Gasteiger partial charge in [0.2, 0.25) is 0 Å². The van der Waals surface area contributed by atoms with Gasteiger partial charge in [0, 0.05) is 51.2 Å². The molecule has 33 heavy (non-hydrogen) atoms. The first-order valence-corrected chi connectivity index (χ1v) is 12.2. The molecule has 0 radical (unpaired) electrons. The second kappa shape index (κ2) is 12.8. The van der Waals surface area contributed by atoms with Crippen LogP contribution in [0.4, 0.5) is 4.79 Å².